The monoisotopic (exact) mass is 447 g/mol. The number of aliphatic hydroxyl groups excluding tert-OH is 1. The zero-order chi connectivity index (χ0) is 22.0. The molecule has 1 unspecified atom stereocenters. The molecule has 0 saturated carbocycles. The van der Waals surface area contributed by atoms with Gasteiger partial charge in [0.25, 0.3) is 0 Å². The van der Waals surface area contributed by atoms with Gasteiger partial charge in [-0.25, -0.2) is 18.6 Å². The van der Waals surface area contributed by atoms with E-state index in [1.165, 1.54) is 0 Å². The Hall–Kier alpha value is -2.30. The molecule has 10 heteroatoms. The predicted molar refractivity (Wildman–Crippen MR) is 111 cm³/mol. The van der Waals surface area contributed by atoms with Crippen LogP contribution in [0.3, 0.4) is 0 Å². The number of aromatic nitrogens is 2. The van der Waals surface area contributed by atoms with Crippen molar-refractivity contribution in [2.45, 2.75) is 49.9 Å². The highest BCUT2D eigenvalue weighted by atomic mass is 19.1. The smallest absolute Gasteiger partial charge is 0.407 e. The number of imidazole rings is 1. The third kappa shape index (κ3) is 3.27. The molecule has 1 aromatic carbocycles. The fraction of sp³-hybridized carbons (Fsp3) is 0.636. The normalized spacial score (nSPS) is 27.9. The van der Waals surface area contributed by atoms with Crippen LogP contribution in [-0.2, 0) is 17.6 Å². The molecule has 8 nitrogen and oxygen atoms in total. The molecular formula is C22H27F2N5O3. The number of rotatable bonds is 3. The van der Waals surface area contributed by atoms with Gasteiger partial charge in [-0.1, -0.05) is 0 Å². The van der Waals surface area contributed by atoms with E-state index in [1.54, 1.807) is 0 Å². The number of carbonyl (C=O) groups excluding carboxylic acids is 1. The van der Waals surface area contributed by atoms with E-state index in [4.69, 9.17) is 4.74 Å². The van der Waals surface area contributed by atoms with Crippen molar-refractivity contribution in [3.63, 3.8) is 0 Å². The van der Waals surface area contributed by atoms with Crippen molar-refractivity contribution < 1.29 is 23.4 Å². The van der Waals surface area contributed by atoms with Gasteiger partial charge < -0.3 is 30.4 Å². The standard InChI is InChI=1S/C22H27F2N5O3/c23-16-13-5-11(9-29-3-1-22(2-4-29)10-26-21(31)32-22)6-14(13)17(24)19-18(16)27-20(28-19)15-7-12(30)8-25-15/h11-12,15,25,30H,1-10H2,(H,26,31)(H,27,28)/t12-,15-/m1/s1. The molecule has 1 aliphatic carbocycles. The molecule has 0 bridgehead atoms. The molecular weight excluding hydrogens is 420 g/mol. The van der Waals surface area contributed by atoms with Crippen LogP contribution in [0, 0.1) is 17.6 Å². The molecule has 4 N–H and O–H groups in total. The first-order chi connectivity index (χ1) is 15.4. The van der Waals surface area contributed by atoms with Gasteiger partial charge in [0.15, 0.2) is 11.6 Å². The van der Waals surface area contributed by atoms with Crippen LogP contribution in [-0.4, -0.2) is 70.5 Å². The lowest BCUT2D eigenvalue weighted by atomic mass is 9.91. The van der Waals surface area contributed by atoms with Crippen molar-refractivity contribution in [1.82, 2.24) is 25.5 Å². The van der Waals surface area contributed by atoms with Crippen LogP contribution in [0.4, 0.5) is 13.6 Å². The van der Waals surface area contributed by atoms with E-state index in [0.29, 0.717) is 49.3 Å². The number of alkyl carbamates (subject to hydrolysis) is 1. The first-order valence-electron chi connectivity index (χ1n) is 11.4. The summed E-state index contributed by atoms with van der Waals surface area (Å²) in [5.74, 6) is -0.219. The molecule has 3 atom stereocenters. The summed E-state index contributed by atoms with van der Waals surface area (Å²) < 4.78 is 36.1. The van der Waals surface area contributed by atoms with Gasteiger partial charge >= 0.3 is 6.09 Å². The Morgan fingerprint density at radius 2 is 1.94 bits per heavy atom. The number of likely N-dealkylation sites (tertiary alicyclic amines) is 1. The Bertz CT molecular complexity index is 1030. The number of piperidine rings is 1. The molecule has 4 heterocycles. The number of hydrogen-bond acceptors (Lipinski definition) is 6. The van der Waals surface area contributed by atoms with Gasteiger partial charge in [0.2, 0.25) is 0 Å². The van der Waals surface area contributed by atoms with Crippen molar-refractivity contribution in [2.75, 3.05) is 32.7 Å². The summed E-state index contributed by atoms with van der Waals surface area (Å²) in [4.78, 5) is 21.0. The van der Waals surface area contributed by atoms with Crippen LogP contribution in [0.5, 0.6) is 0 Å². The lowest BCUT2D eigenvalue weighted by molar-refractivity contribution is -0.00216. The van der Waals surface area contributed by atoms with Crippen molar-refractivity contribution in [3.8, 4) is 0 Å². The second kappa shape index (κ2) is 7.36. The van der Waals surface area contributed by atoms with Crippen LogP contribution < -0.4 is 10.6 Å². The minimum Gasteiger partial charge on any atom is -0.441 e. The summed E-state index contributed by atoms with van der Waals surface area (Å²) in [7, 11) is 0. The van der Waals surface area contributed by atoms with Crippen LogP contribution >= 0.6 is 0 Å². The van der Waals surface area contributed by atoms with Crippen molar-refractivity contribution in [3.05, 3.63) is 28.6 Å². The quantitative estimate of drug-likeness (QED) is 0.569. The van der Waals surface area contributed by atoms with E-state index < -0.39 is 23.3 Å². The number of aliphatic hydroxyl groups is 1. The third-order valence-electron chi connectivity index (χ3n) is 7.61. The number of fused-ring (bicyclic) bond motifs is 2. The molecule has 3 aliphatic heterocycles. The maximum Gasteiger partial charge on any atom is 0.407 e. The Kier molecular flexibility index (Phi) is 4.67. The number of ether oxygens (including phenoxy) is 1. The van der Waals surface area contributed by atoms with Gasteiger partial charge in [-0.15, -0.1) is 0 Å². The third-order valence-corrected chi connectivity index (χ3v) is 7.61. The van der Waals surface area contributed by atoms with Crippen molar-refractivity contribution in [1.29, 1.82) is 0 Å². The number of halogens is 2. The minimum atomic E-state index is -0.477. The first kappa shape index (κ1) is 20.3. The lowest BCUT2D eigenvalue weighted by Gasteiger charge is -2.38. The van der Waals surface area contributed by atoms with Gasteiger partial charge in [-0.2, -0.15) is 0 Å². The Morgan fingerprint density at radius 3 is 2.59 bits per heavy atom. The summed E-state index contributed by atoms with van der Waals surface area (Å²) in [6.07, 6.45) is 2.19. The molecule has 32 heavy (non-hydrogen) atoms. The molecule has 4 aliphatic rings. The van der Waals surface area contributed by atoms with Crippen LogP contribution in [0.1, 0.15) is 42.3 Å². The van der Waals surface area contributed by atoms with E-state index in [0.717, 1.165) is 32.5 Å². The number of aromatic amines is 1. The number of benzene rings is 1. The average Bonchev–Trinajstić information content (AvgIpc) is 3.55. The van der Waals surface area contributed by atoms with Crippen LogP contribution in [0.2, 0.25) is 0 Å². The number of nitrogens with one attached hydrogen (secondary N) is 3. The second-order valence-corrected chi connectivity index (χ2v) is 9.78. The molecule has 1 amide bonds. The first-order valence-corrected chi connectivity index (χ1v) is 11.4. The molecule has 3 saturated heterocycles. The van der Waals surface area contributed by atoms with Crippen LogP contribution in [0.25, 0.3) is 11.0 Å². The number of amides is 1. The summed E-state index contributed by atoms with van der Waals surface area (Å²) in [6, 6.07) is -0.226. The van der Waals surface area contributed by atoms with E-state index >= 15 is 8.78 Å². The molecule has 2 aromatic rings. The molecule has 3 fully saturated rings. The summed E-state index contributed by atoms with van der Waals surface area (Å²) in [5.41, 5.74) is 0.680. The zero-order valence-electron chi connectivity index (χ0n) is 17.7. The van der Waals surface area contributed by atoms with Gasteiger partial charge in [0, 0.05) is 39.0 Å². The summed E-state index contributed by atoms with van der Waals surface area (Å²) in [6.45, 7) is 3.38. The number of nitrogens with zero attached hydrogens (tertiary/aromatic N) is 2. The number of carbonyl (C=O) groups is 1. The highest BCUT2D eigenvalue weighted by Crippen LogP contribution is 2.38. The highest BCUT2D eigenvalue weighted by molar-refractivity contribution is 5.79. The maximum absolute atomic E-state index is 15.3. The van der Waals surface area contributed by atoms with Crippen molar-refractivity contribution >= 4 is 17.1 Å². The molecule has 6 rings (SSSR count). The fourth-order valence-electron chi connectivity index (χ4n) is 5.85. The van der Waals surface area contributed by atoms with Gasteiger partial charge in [-0.05, 0) is 36.3 Å². The van der Waals surface area contributed by atoms with E-state index in [2.05, 4.69) is 25.5 Å². The molecule has 1 aromatic heterocycles. The fourth-order valence-corrected chi connectivity index (χ4v) is 5.85. The van der Waals surface area contributed by atoms with Crippen molar-refractivity contribution in [2.24, 2.45) is 5.92 Å². The SMILES string of the molecule is O=C1NCC2(CCN(CC3Cc4c(c(F)c5[nH]c([C@H]6C[C@@H](O)CN6)nc5c4F)C3)CC2)O1. The molecule has 1 spiro atoms. The Labute approximate surface area is 183 Å². The predicted octanol–water partition coefficient (Wildman–Crippen LogP) is 1.53. The zero-order valence-corrected chi connectivity index (χ0v) is 17.7. The topological polar surface area (TPSA) is 103 Å². The summed E-state index contributed by atoms with van der Waals surface area (Å²) >= 11 is 0. The van der Waals surface area contributed by atoms with Gasteiger partial charge in [-0.3, -0.25) is 0 Å². The summed E-state index contributed by atoms with van der Waals surface area (Å²) in [5, 5.41) is 15.6. The second-order valence-electron chi connectivity index (χ2n) is 9.78. The van der Waals surface area contributed by atoms with E-state index in [9.17, 15) is 9.90 Å². The Morgan fingerprint density at radius 1 is 1.19 bits per heavy atom. The van der Waals surface area contributed by atoms with E-state index in [-0.39, 0.29) is 29.1 Å². The average molecular weight is 447 g/mol. The maximum atomic E-state index is 15.3. The van der Waals surface area contributed by atoms with Gasteiger partial charge in [0.1, 0.15) is 22.5 Å². The van der Waals surface area contributed by atoms with E-state index in [1.807, 2.05) is 0 Å². The van der Waals surface area contributed by atoms with Crippen LogP contribution in [0.15, 0.2) is 0 Å². The number of β-amino-alcohol motifs (C(OH)–C–C–N with tert-alkyl or cyclic N) is 1. The number of H-pyrrole nitrogens is 1. The number of hydrogen-bond donors (Lipinski definition) is 4. The minimum absolute atomic E-state index is 0.0514. The lowest BCUT2D eigenvalue weighted by Crippen LogP contribution is -2.47. The Balaban J connectivity index is 1.17. The van der Waals surface area contributed by atoms with Gasteiger partial charge in [0.05, 0.1) is 18.7 Å². The molecule has 172 valence electrons. The largest absolute Gasteiger partial charge is 0.441 e. The molecule has 0 radical (unpaired) electrons. The highest BCUT2D eigenvalue weighted by Gasteiger charge is 2.43.